The second kappa shape index (κ2) is 6.92. The van der Waals surface area contributed by atoms with Gasteiger partial charge in [0.15, 0.2) is 5.65 Å². The van der Waals surface area contributed by atoms with Crippen LogP contribution in [0.5, 0.6) is 0 Å². The number of nitrogens with zero attached hydrogens (tertiary/aromatic N) is 3. The first kappa shape index (κ1) is 18.5. The molecule has 0 N–H and O–H groups in total. The summed E-state index contributed by atoms with van der Waals surface area (Å²) in [5.74, 6) is -0.919. The highest BCUT2D eigenvalue weighted by Gasteiger charge is 2.27. The maximum absolute atomic E-state index is 13.2. The third-order valence-corrected chi connectivity index (χ3v) is 6.30. The number of carbonyl (C=O) groups is 1. The van der Waals surface area contributed by atoms with Crippen LogP contribution < -0.4 is 0 Å². The topological polar surface area (TPSA) is 94.6 Å². The van der Waals surface area contributed by atoms with Gasteiger partial charge in [-0.1, -0.05) is 6.08 Å². The molecule has 0 radical (unpaired) electrons. The van der Waals surface area contributed by atoms with E-state index in [4.69, 9.17) is 4.42 Å². The van der Waals surface area contributed by atoms with Crippen LogP contribution in [0.1, 0.15) is 22.5 Å². The minimum atomic E-state index is -4.07. The molecule has 9 heteroatoms. The molecule has 3 aromatic rings. The van der Waals surface area contributed by atoms with Gasteiger partial charge in [0.2, 0.25) is 10.9 Å². The van der Waals surface area contributed by atoms with Gasteiger partial charge in [-0.15, -0.1) is 0 Å². The molecule has 0 saturated heterocycles. The van der Waals surface area contributed by atoms with E-state index in [0.717, 1.165) is 40.0 Å². The minimum Gasteiger partial charge on any atom is -0.463 e. The van der Waals surface area contributed by atoms with Gasteiger partial charge in [0.05, 0.1) is 7.11 Å². The molecular formula is C19H19N3O5S. The lowest BCUT2D eigenvalue weighted by Gasteiger charge is -2.21. The predicted molar refractivity (Wildman–Crippen MR) is 102 cm³/mol. The summed E-state index contributed by atoms with van der Waals surface area (Å²) in [6.07, 6.45) is 6.04. The largest absolute Gasteiger partial charge is 0.463 e. The number of aromatic nitrogens is 2. The lowest BCUT2D eigenvalue weighted by Crippen LogP contribution is -2.23. The summed E-state index contributed by atoms with van der Waals surface area (Å²) < 4.78 is 37.3. The van der Waals surface area contributed by atoms with Crippen molar-refractivity contribution in [2.24, 2.45) is 0 Å². The van der Waals surface area contributed by atoms with Crippen molar-refractivity contribution >= 4 is 32.6 Å². The Labute approximate surface area is 162 Å². The molecule has 1 aliphatic rings. The van der Waals surface area contributed by atoms with Crippen molar-refractivity contribution in [2.75, 3.05) is 27.2 Å². The van der Waals surface area contributed by atoms with Crippen molar-refractivity contribution < 1.29 is 22.4 Å². The summed E-state index contributed by atoms with van der Waals surface area (Å²) in [7, 11) is -0.835. The molecule has 0 saturated carbocycles. The summed E-state index contributed by atoms with van der Waals surface area (Å²) in [4.78, 5) is 18.1. The molecule has 146 valence electrons. The molecular weight excluding hydrogens is 382 g/mol. The molecule has 3 aromatic heterocycles. The number of fused-ring (bicyclic) bond motifs is 1. The summed E-state index contributed by atoms with van der Waals surface area (Å²) in [5.41, 5.74) is 2.23. The third kappa shape index (κ3) is 3.02. The van der Waals surface area contributed by atoms with E-state index in [2.05, 4.69) is 20.7 Å². The Morgan fingerprint density at radius 3 is 2.82 bits per heavy atom. The quantitative estimate of drug-likeness (QED) is 0.620. The maximum atomic E-state index is 13.2. The first-order valence-electron chi connectivity index (χ1n) is 8.69. The first-order valence-corrected chi connectivity index (χ1v) is 10.1. The molecule has 4 rings (SSSR count). The van der Waals surface area contributed by atoms with E-state index < -0.39 is 16.0 Å². The van der Waals surface area contributed by atoms with Gasteiger partial charge >= 0.3 is 16.0 Å². The van der Waals surface area contributed by atoms with Crippen LogP contribution in [0.25, 0.3) is 16.6 Å². The third-order valence-electron chi connectivity index (χ3n) is 4.77. The summed E-state index contributed by atoms with van der Waals surface area (Å²) >= 11 is 0. The van der Waals surface area contributed by atoms with Crippen LogP contribution in [-0.2, 0) is 14.8 Å². The predicted octanol–water partition coefficient (Wildman–Crippen LogP) is 2.37. The number of ether oxygens (including phenoxy) is 1. The van der Waals surface area contributed by atoms with E-state index in [9.17, 15) is 13.2 Å². The lowest BCUT2D eigenvalue weighted by atomic mass is 10.00. The highest BCUT2D eigenvalue weighted by Crippen LogP contribution is 2.32. The van der Waals surface area contributed by atoms with E-state index >= 15 is 0 Å². The Hall–Kier alpha value is -2.91. The summed E-state index contributed by atoms with van der Waals surface area (Å²) in [5, 5.41) is 0.404. The number of rotatable bonds is 4. The maximum Gasteiger partial charge on any atom is 0.374 e. The van der Waals surface area contributed by atoms with Gasteiger partial charge in [0, 0.05) is 36.4 Å². The van der Waals surface area contributed by atoms with Gasteiger partial charge in [-0.25, -0.2) is 13.8 Å². The fraction of sp³-hybridized carbons (Fsp3) is 0.263. The highest BCUT2D eigenvalue weighted by molar-refractivity contribution is 7.90. The van der Waals surface area contributed by atoms with Crippen molar-refractivity contribution in [1.82, 2.24) is 13.9 Å². The molecule has 4 heterocycles. The summed E-state index contributed by atoms with van der Waals surface area (Å²) in [6, 6.07) is 6.15. The lowest BCUT2D eigenvalue weighted by molar-refractivity contribution is 0.0559. The number of furan rings is 1. The zero-order valence-corrected chi connectivity index (χ0v) is 16.3. The van der Waals surface area contributed by atoms with Crippen molar-refractivity contribution in [3.8, 4) is 0 Å². The molecule has 8 nitrogen and oxygen atoms in total. The molecule has 0 aliphatic carbocycles. The van der Waals surface area contributed by atoms with Crippen LogP contribution in [0.4, 0.5) is 0 Å². The molecule has 1 aliphatic heterocycles. The molecule has 0 amide bonds. The second-order valence-corrected chi connectivity index (χ2v) is 8.32. The molecule has 0 aromatic carbocycles. The second-order valence-electron chi connectivity index (χ2n) is 6.57. The Morgan fingerprint density at radius 2 is 2.11 bits per heavy atom. The Bertz CT molecular complexity index is 1190. The molecule has 0 unspecified atom stereocenters. The van der Waals surface area contributed by atoms with E-state index in [0.29, 0.717) is 5.65 Å². The van der Waals surface area contributed by atoms with Crippen LogP contribution in [0.3, 0.4) is 0 Å². The number of hydrogen-bond donors (Lipinski definition) is 0. The Balaban J connectivity index is 1.85. The number of esters is 1. The zero-order valence-electron chi connectivity index (χ0n) is 15.5. The van der Waals surface area contributed by atoms with Crippen molar-refractivity contribution in [1.29, 1.82) is 0 Å². The fourth-order valence-electron chi connectivity index (χ4n) is 3.25. The van der Waals surface area contributed by atoms with E-state index in [1.807, 2.05) is 13.1 Å². The number of hydrogen-bond acceptors (Lipinski definition) is 7. The standard InChI is InChI=1S/C19H19N3O5S/c1-21-10-7-13(8-11-21)15-12-22(18-14(15)4-3-9-20-18)28(24,25)17-6-5-16(27-17)19(23)26-2/h3-7,9,12H,8,10-11H2,1-2H3. The van der Waals surface area contributed by atoms with Crippen LogP contribution in [0, 0.1) is 0 Å². The van der Waals surface area contributed by atoms with E-state index in [1.54, 1.807) is 18.5 Å². The molecule has 0 fully saturated rings. The van der Waals surface area contributed by atoms with E-state index in [1.165, 1.54) is 19.2 Å². The first-order chi connectivity index (χ1) is 13.4. The van der Waals surface area contributed by atoms with Gasteiger partial charge in [0.25, 0.3) is 0 Å². The summed E-state index contributed by atoms with van der Waals surface area (Å²) in [6.45, 7) is 1.70. The average molecular weight is 401 g/mol. The van der Waals surface area contributed by atoms with Crippen LogP contribution in [-0.4, -0.2) is 55.5 Å². The van der Waals surface area contributed by atoms with Gasteiger partial charge in [-0.2, -0.15) is 8.42 Å². The monoisotopic (exact) mass is 401 g/mol. The van der Waals surface area contributed by atoms with Crippen molar-refractivity contribution in [2.45, 2.75) is 11.5 Å². The number of pyridine rings is 1. The highest BCUT2D eigenvalue weighted by atomic mass is 32.2. The van der Waals surface area contributed by atoms with Crippen LogP contribution >= 0.6 is 0 Å². The molecule has 28 heavy (non-hydrogen) atoms. The zero-order chi connectivity index (χ0) is 19.9. The van der Waals surface area contributed by atoms with Crippen LogP contribution in [0.2, 0.25) is 0 Å². The van der Waals surface area contributed by atoms with Crippen molar-refractivity contribution in [3.63, 3.8) is 0 Å². The number of carbonyl (C=O) groups excluding carboxylic acids is 1. The van der Waals surface area contributed by atoms with Gasteiger partial charge in [0.1, 0.15) is 0 Å². The number of methoxy groups -OCH3 is 1. The van der Waals surface area contributed by atoms with Crippen LogP contribution in [0.15, 0.2) is 52.2 Å². The molecule has 0 spiro atoms. The normalized spacial score (nSPS) is 15.6. The van der Waals surface area contributed by atoms with Crippen molar-refractivity contribution in [3.05, 3.63) is 54.1 Å². The minimum absolute atomic E-state index is 0.177. The van der Waals surface area contributed by atoms with Gasteiger partial charge < -0.3 is 14.1 Å². The fourth-order valence-corrected chi connectivity index (χ4v) is 4.50. The smallest absolute Gasteiger partial charge is 0.374 e. The average Bonchev–Trinajstić information content (AvgIpc) is 3.34. The Morgan fingerprint density at radius 1 is 1.29 bits per heavy atom. The Kier molecular flexibility index (Phi) is 4.56. The van der Waals surface area contributed by atoms with Gasteiger partial charge in [-0.3, -0.25) is 0 Å². The molecule has 0 atom stereocenters. The SMILES string of the molecule is COC(=O)c1ccc(S(=O)(=O)n2cc(C3=CCN(C)CC3)c3cccnc32)o1. The number of likely N-dealkylation sites (N-methyl/N-ethyl adjacent to an activating group) is 1. The molecule has 0 bridgehead atoms. The van der Waals surface area contributed by atoms with Gasteiger partial charge in [-0.05, 0) is 43.3 Å². The van der Waals surface area contributed by atoms with E-state index in [-0.39, 0.29) is 10.9 Å².